The fourth-order valence-corrected chi connectivity index (χ4v) is 2.31. The molecule has 1 amide bonds. The van der Waals surface area contributed by atoms with Crippen molar-refractivity contribution in [1.82, 2.24) is 4.90 Å². The number of piperidine rings is 1. The Morgan fingerprint density at radius 2 is 2.00 bits per heavy atom. The van der Waals surface area contributed by atoms with Crippen molar-refractivity contribution in [3.8, 4) is 0 Å². The maximum absolute atomic E-state index is 11.9. The fourth-order valence-electron chi connectivity index (χ4n) is 2.31. The Morgan fingerprint density at radius 1 is 1.31 bits per heavy atom. The number of hydrogen-bond donors (Lipinski definition) is 0. The highest BCUT2D eigenvalue weighted by atomic mass is 16.6. The second-order valence-electron chi connectivity index (χ2n) is 5.83. The first-order valence-corrected chi connectivity index (χ1v) is 5.85. The van der Waals surface area contributed by atoms with Crippen LogP contribution >= 0.6 is 0 Å². The van der Waals surface area contributed by atoms with Gasteiger partial charge in [0.05, 0.1) is 6.04 Å². The lowest BCUT2D eigenvalue weighted by Crippen LogP contribution is -2.47. The normalized spacial score (nSPS) is 32.9. The number of ether oxygens (including phenoxy) is 1. The molecule has 1 heterocycles. The molecule has 4 nitrogen and oxygen atoms in total. The fraction of sp³-hybridized carbons (Fsp3) is 0.833. The van der Waals surface area contributed by atoms with Crippen molar-refractivity contribution in [3.63, 3.8) is 0 Å². The number of carbonyl (C=O) groups excluding carboxylic acids is 2. The zero-order chi connectivity index (χ0) is 11.9. The van der Waals surface area contributed by atoms with Crippen molar-refractivity contribution in [2.75, 3.05) is 6.54 Å². The van der Waals surface area contributed by atoms with Gasteiger partial charge >= 0.3 is 6.09 Å². The van der Waals surface area contributed by atoms with Crippen LogP contribution in [0, 0.1) is 11.8 Å². The van der Waals surface area contributed by atoms with Gasteiger partial charge in [-0.25, -0.2) is 4.79 Å². The summed E-state index contributed by atoms with van der Waals surface area (Å²) in [5.41, 5.74) is -0.495. The van der Waals surface area contributed by atoms with Crippen molar-refractivity contribution in [2.45, 2.75) is 45.3 Å². The van der Waals surface area contributed by atoms with Gasteiger partial charge in [0.2, 0.25) is 0 Å². The highest BCUT2D eigenvalue weighted by molar-refractivity contribution is 5.74. The number of carbonyl (C=O) groups is 2. The average Bonchev–Trinajstić information content (AvgIpc) is 2.90. The summed E-state index contributed by atoms with van der Waals surface area (Å²) in [6.07, 6.45) is 2.49. The van der Waals surface area contributed by atoms with E-state index in [2.05, 4.69) is 0 Å². The standard InChI is InChI=1S/C12H19NO3/c1-12(2,3)16-11(15)13-6-9-4-8(9)5-10(13)7-14/h7-10H,4-6H2,1-3H3. The van der Waals surface area contributed by atoms with Crippen molar-refractivity contribution < 1.29 is 14.3 Å². The van der Waals surface area contributed by atoms with E-state index < -0.39 is 5.60 Å². The predicted octanol–water partition coefficient (Wildman–Crippen LogP) is 1.83. The number of aldehydes is 1. The van der Waals surface area contributed by atoms with E-state index in [1.807, 2.05) is 20.8 Å². The van der Waals surface area contributed by atoms with Crippen LogP contribution in [-0.4, -0.2) is 35.5 Å². The third-order valence-electron chi connectivity index (χ3n) is 3.23. The molecule has 1 aliphatic carbocycles. The average molecular weight is 225 g/mol. The number of nitrogens with zero attached hydrogens (tertiary/aromatic N) is 1. The van der Waals surface area contributed by atoms with Crippen molar-refractivity contribution in [2.24, 2.45) is 11.8 Å². The Bertz CT molecular complexity index is 308. The van der Waals surface area contributed by atoms with Gasteiger partial charge in [-0.15, -0.1) is 0 Å². The zero-order valence-corrected chi connectivity index (χ0v) is 10.1. The van der Waals surface area contributed by atoms with Crippen LogP contribution in [0.3, 0.4) is 0 Å². The Morgan fingerprint density at radius 3 is 2.56 bits per heavy atom. The van der Waals surface area contributed by atoms with E-state index in [-0.39, 0.29) is 12.1 Å². The molecular weight excluding hydrogens is 206 g/mol. The molecule has 90 valence electrons. The highest BCUT2D eigenvalue weighted by Crippen LogP contribution is 2.46. The molecule has 0 aromatic heterocycles. The Balaban J connectivity index is 2.00. The minimum Gasteiger partial charge on any atom is -0.444 e. The summed E-state index contributed by atoms with van der Waals surface area (Å²) in [5, 5.41) is 0. The number of rotatable bonds is 1. The monoisotopic (exact) mass is 225 g/mol. The summed E-state index contributed by atoms with van der Waals surface area (Å²) in [7, 11) is 0. The smallest absolute Gasteiger partial charge is 0.410 e. The van der Waals surface area contributed by atoms with Crippen molar-refractivity contribution in [1.29, 1.82) is 0 Å². The molecule has 2 rings (SSSR count). The third kappa shape index (κ3) is 2.36. The number of amides is 1. The van der Waals surface area contributed by atoms with Gasteiger partial charge in [0, 0.05) is 6.54 Å². The first-order chi connectivity index (χ1) is 7.40. The summed E-state index contributed by atoms with van der Waals surface area (Å²) >= 11 is 0. The topological polar surface area (TPSA) is 46.6 Å². The van der Waals surface area contributed by atoms with E-state index in [4.69, 9.17) is 4.74 Å². The second kappa shape index (κ2) is 3.75. The molecule has 3 unspecified atom stereocenters. The Labute approximate surface area is 95.9 Å². The number of likely N-dealkylation sites (tertiary alicyclic amines) is 1. The van der Waals surface area contributed by atoms with Gasteiger partial charge in [-0.1, -0.05) is 0 Å². The molecule has 1 saturated carbocycles. The van der Waals surface area contributed by atoms with Crippen LogP contribution in [-0.2, 0) is 9.53 Å². The van der Waals surface area contributed by atoms with Crippen LogP contribution in [0.1, 0.15) is 33.6 Å². The van der Waals surface area contributed by atoms with Crippen molar-refractivity contribution >= 4 is 12.4 Å². The maximum Gasteiger partial charge on any atom is 0.410 e. The van der Waals surface area contributed by atoms with Gasteiger partial charge in [0.15, 0.2) is 0 Å². The minimum atomic E-state index is -0.495. The van der Waals surface area contributed by atoms with Gasteiger partial charge < -0.3 is 9.53 Å². The van der Waals surface area contributed by atoms with E-state index in [9.17, 15) is 9.59 Å². The lowest BCUT2D eigenvalue weighted by atomic mass is 10.0. The van der Waals surface area contributed by atoms with Crippen LogP contribution in [0.25, 0.3) is 0 Å². The van der Waals surface area contributed by atoms with Crippen LogP contribution < -0.4 is 0 Å². The molecule has 2 fully saturated rings. The largest absolute Gasteiger partial charge is 0.444 e. The number of hydrogen-bond acceptors (Lipinski definition) is 3. The van der Waals surface area contributed by atoms with Crippen LogP contribution in [0.4, 0.5) is 4.79 Å². The summed E-state index contributed by atoms with van der Waals surface area (Å²) in [5.74, 6) is 1.26. The van der Waals surface area contributed by atoms with E-state index >= 15 is 0 Å². The summed E-state index contributed by atoms with van der Waals surface area (Å²) < 4.78 is 5.30. The molecule has 4 heteroatoms. The van der Waals surface area contributed by atoms with E-state index in [0.717, 1.165) is 19.1 Å². The van der Waals surface area contributed by atoms with E-state index in [1.165, 1.54) is 0 Å². The predicted molar refractivity (Wildman–Crippen MR) is 59.0 cm³/mol. The molecule has 0 spiro atoms. The molecule has 3 atom stereocenters. The lowest BCUT2D eigenvalue weighted by Gasteiger charge is -2.33. The summed E-state index contributed by atoms with van der Waals surface area (Å²) in [6, 6.07) is -0.279. The quantitative estimate of drug-likeness (QED) is 0.640. The van der Waals surface area contributed by atoms with Gasteiger partial charge in [-0.05, 0) is 45.4 Å². The minimum absolute atomic E-state index is 0.279. The summed E-state index contributed by atoms with van der Waals surface area (Å²) in [4.78, 5) is 24.4. The van der Waals surface area contributed by atoms with Crippen LogP contribution in [0.2, 0.25) is 0 Å². The maximum atomic E-state index is 11.9. The van der Waals surface area contributed by atoms with E-state index in [1.54, 1.807) is 4.90 Å². The Kier molecular flexibility index (Phi) is 2.68. The first-order valence-electron chi connectivity index (χ1n) is 5.85. The molecule has 2 aliphatic rings. The van der Waals surface area contributed by atoms with Gasteiger partial charge in [0.25, 0.3) is 0 Å². The highest BCUT2D eigenvalue weighted by Gasteiger charge is 2.47. The molecule has 0 aromatic carbocycles. The molecular formula is C12H19NO3. The van der Waals surface area contributed by atoms with Gasteiger partial charge in [-0.3, -0.25) is 4.90 Å². The molecule has 0 bridgehead atoms. The van der Waals surface area contributed by atoms with Crippen LogP contribution in [0.5, 0.6) is 0 Å². The SMILES string of the molecule is CC(C)(C)OC(=O)N1CC2CC2CC1C=O. The van der Waals surface area contributed by atoms with Crippen LogP contribution in [0.15, 0.2) is 0 Å². The zero-order valence-electron chi connectivity index (χ0n) is 10.1. The summed E-state index contributed by atoms with van der Waals surface area (Å²) in [6.45, 7) is 6.20. The van der Waals surface area contributed by atoms with E-state index in [0.29, 0.717) is 18.4 Å². The number of fused-ring (bicyclic) bond motifs is 1. The molecule has 16 heavy (non-hydrogen) atoms. The molecule has 1 saturated heterocycles. The third-order valence-corrected chi connectivity index (χ3v) is 3.23. The molecule has 0 aromatic rings. The molecule has 1 aliphatic heterocycles. The second-order valence-corrected chi connectivity index (χ2v) is 5.83. The van der Waals surface area contributed by atoms with Gasteiger partial charge in [0.1, 0.15) is 11.9 Å². The van der Waals surface area contributed by atoms with Gasteiger partial charge in [-0.2, -0.15) is 0 Å². The lowest BCUT2D eigenvalue weighted by molar-refractivity contribution is -0.113. The molecule has 0 radical (unpaired) electrons. The van der Waals surface area contributed by atoms with Crippen molar-refractivity contribution in [3.05, 3.63) is 0 Å². The Hall–Kier alpha value is -1.06. The molecule has 0 N–H and O–H groups in total. The first kappa shape index (κ1) is 11.4.